The van der Waals surface area contributed by atoms with Gasteiger partial charge < -0.3 is 20.0 Å². The highest BCUT2D eigenvalue weighted by molar-refractivity contribution is 6.01. The first-order valence-electron chi connectivity index (χ1n) is 12.3. The van der Waals surface area contributed by atoms with Gasteiger partial charge in [0.15, 0.2) is 5.69 Å². The molecule has 1 N–H and O–H groups in total. The van der Waals surface area contributed by atoms with Crippen molar-refractivity contribution in [2.75, 3.05) is 38.1 Å². The van der Waals surface area contributed by atoms with Gasteiger partial charge in [0.1, 0.15) is 11.2 Å². The van der Waals surface area contributed by atoms with Gasteiger partial charge in [-0.25, -0.2) is 9.97 Å². The summed E-state index contributed by atoms with van der Waals surface area (Å²) in [6.45, 7) is 4.22. The standard InChI is InChI=1S/C24H32N8O3/c1-24(22(35)27-17-7-4-3-5-8-17)16-32-19(21(34)29(24)2)15-18(28-32)20(33)30-11-13-31(14-12-30)23-25-9-6-10-26-23/h6,9-10,15,17H,3-5,7-8,11-14,16H2,1-2H3,(H,27,35)/t24-/m0/s1. The first-order valence-corrected chi connectivity index (χ1v) is 12.3. The third-order valence-electron chi connectivity index (χ3n) is 7.55. The zero-order valence-electron chi connectivity index (χ0n) is 20.3. The second-order valence-electron chi connectivity index (χ2n) is 9.85. The number of nitrogens with zero attached hydrogens (tertiary/aromatic N) is 7. The van der Waals surface area contributed by atoms with Crippen LogP contribution in [0, 0.1) is 0 Å². The number of piperazine rings is 1. The van der Waals surface area contributed by atoms with E-state index in [1.54, 1.807) is 43.4 Å². The summed E-state index contributed by atoms with van der Waals surface area (Å²) in [5.74, 6) is -0.0514. The summed E-state index contributed by atoms with van der Waals surface area (Å²) in [4.78, 5) is 53.4. The van der Waals surface area contributed by atoms with Crippen molar-refractivity contribution in [3.05, 3.63) is 35.9 Å². The lowest BCUT2D eigenvalue weighted by Gasteiger charge is -2.41. The summed E-state index contributed by atoms with van der Waals surface area (Å²) < 4.78 is 1.52. The summed E-state index contributed by atoms with van der Waals surface area (Å²) >= 11 is 0. The molecule has 2 aromatic heterocycles. The smallest absolute Gasteiger partial charge is 0.274 e. The number of hydrogen-bond acceptors (Lipinski definition) is 7. The number of fused-ring (bicyclic) bond motifs is 1. The molecule has 2 fully saturated rings. The molecule has 2 aromatic rings. The van der Waals surface area contributed by atoms with Gasteiger partial charge in [-0.1, -0.05) is 19.3 Å². The van der Waals surface area contributed by atoms with Crippen LogP contribution in [0.5, 0.6) is 0 Å². The Balaban J connectivity index is 1.28. The summed E-state index contributed by atoms with van der Waals surface area (Å²) in [7, 11) is 1.64. The number of likely N-dealkylation sites (N-methyl/N-ethyl adjacent to an activating group) is 1. The molecule has 11 heteroatoms. The third kappa shape index (κ3) is 4.35. The quantitative estimate of drug-likeness (QED) is 0.692. The predicted molar refractivity (Wildman–Crippen MR) is 128 cm³/mol. The number of carbonyl (C=O) groups is 3. The van der Waals surface area contributed by atoms with Crippen LogP contribution in [0.1, 0.15) is 60.0 Å². The molecule has 0 unspecified atom stereocenters. The van der Waals surface area contributed by atoms with Gasteiger partial charge in [-0.2, -0.15) is 5.10 Å². The fourth-order valence-corrected chi connectivity index (χ4v) is 5.15. The molecule has 35 heavy (non-hydrogen) atoms. The van der Waals surface area contributed by atoms with E-state index in [2.05, 4.69) is 20.4 Å². The van der Waals surface area contributed by atoms with Crippen LogP contribution in [0.3, 0.4) is 0 Å². The van der Waals surface area contributed by atoms with Crippen LogP contribution in [0.2, 0.25) is 0 Å². The van der Waals surface area contributed by atoms with Gasteiger partial charge in [-0.15, -0.1) is 0 Å². The number of rotatable bonds is 4. The molecule has 3 amide bonds. The van der Waals surface area contributed by atoms with E-state index in [1.165, 1.54) is 16.0 Å². The third-order valence-corrected chi connectivity index (χ3v) is 7.55. The first-order chi connectivity index (χ1) is 16.9. The topological polar surface area (TPSA) is 117 Å². The van der Waals surface area contributed by atoms with Gasteiger partial charge in [0.25, 0.3) is 11.8 Å². The van der Waals surface area contributed by atoms with E-state index in [9.17, 15) is 14.4 Å². The molecule has 0 spiro atoms. The van der Waals surface area contributed by atoms with Crippen LogP contribution in [-0.2, 0) is 11.3 Å². The van der Waals surface area contributed by atoms with Crippen molar-refractivity contribution in [1.82, 2.24) is 34.9 Å². The van der Waals surface area contributed by atoms with E-state index in [4.69, 9.17) is 0 Å². The molecule has 11 nitrogen and oxygen atoms in total. The second-order valence-corrected chi connectivity index (χ2v) is 9.85. The van der Waals surface area contributed by atoms with Crippen molar-refractivity contribution in [1.29, 1.82) is 0 Å². The van der Waals surface area contributed by atoms with E-state index in [0.29, 0.717) is 37.8 Å². The number of carbonyl (C=O) groups excluding carboxylic acids is 3. The van der Waals surface area contributed by atoms with E-state index in [1.807, 2.05) is 4.90 Å². The van der Waals surface area contributed by atoms with Gasteiger partial charge in [-0.3, -0.25) is 19.1 Å². The van der Waals surface area contributed by atoms with Crippen molar-refractivity contribution in [2.24, 2.45) is 0 Å². The maximum atomic E-state index is 13.3. The summed E-state index contributed by atoms with van der Waals surface area (Å²) in [5.41, 5.74) is -0.520. The number of nitrogens with one attached hydrogen (secondary N) is 1. The fraction of sp³-hybridized carbons (Fsp3) is 0.583. The van der Waals surface area contributed by atoms with Gasteiger partial charge in [0.2, 0.25) is 11.9 Å². The molecule has 5 rings (SSSR count). The molecular weight excluding hydrogens is 448 g/mol. The van der Waals surface area contributed by atoms with E-state index in [-0.39, 0.29) is 36.0 Å². The number of aromatic nitrogens is 4. The Labute approximate surface area is 204 Å². The Morgan fingerprint density at radius 2 is 1.74 bits per heavy atom. The molecule has 0 radical (unpaired) electrons. The molecular formula is C24H32N8O3. The van der Waals surface area contributed by atoms with Crippen LogP contribution < -0.4 is 10.2 Å². The average Bonchev–Trinajstić information content (AvgIpc) is 3.32. The van der Waals surface area contributed by atoms with Crippen molar-refractivity contribution in [2.45, 2.75) is 57.2 Å². The minimum absolute atomic E-state index is 0.146. The molecule has 3 aliphatic rings. The summed E-state index contributed by atoms with van der Waals surface area (Å²) in [6, 6.07) is 3.47. The Morgan fingerprint density at radius 3 is 2.43 bits per heavy atom. The van der Waals surface area contributed by atoms with Crippen molar-refractivity contribution in [3.8, 4) is 0 Å². The van der Waals surface area contributed by atoms with E-state index >= 15 is 0 Å². The second kappa shape index (κ2) is 9.27. The number of anilines is 1. The van der Waals surface area contributed by atoms with Crippen molar-refractivity contribution in [3.63, 3.8) is 0 Å². The fourth-order valence-electron chi connectivity index (χ4n) is 5.15. The monoisotopic (exact) mass is 480 g/mol. The van der Waals surface area contributed by atoms with Crippen LogP contribution in [0.15, 0.2) is 24.5 Å². The zero-order valence-corrected chi connectivity index (χ0v) is 20.3. The Hall–Kier alpha value is -3.50. The summed E-state index contributed by atoms with van der Waals surface area (Å²) in [5, 5.41) is 7.62. The van der Waals surface area contributed by atoms with Crippen LogP contribution in [0.4, 0.5) is 5.95 Å². The molecule has 0 aromatic carbocycles. The van der Waals surface area contributed by atoms with Gasteiger partial charge in [-0.05, 0) is 25.8 Å². The molecule has 1 saturated carbocycles. The van der Waals surface area contributed by atoms with Crippen LogP contribution in [-0.4, -0.2) is 92.1 Å². The van der Waals surface area contributed by atoms with E-state index in [0.717, 1.165) is 25.7 Å². The average molecular weight is 481 g/mol. The van der Waals surface area contributed by atoms with Gasteiger partial charge in [0, 0.05) is 57.7 Å². The largest absolute Gasteiger partial charge is 0.351 e. The lowest BCUT2D eigenvalue weighted by atomic mass is 9.92. The molecule has 4 heterocycles. The number of hydrogen-bond donors (Lipinski definition) is 1. The molecule has 1 aliphatic carbocycles. The van der Waals surface area contributed by atoms with Crippen LogP contribution in [0.25, 0.3) is 0 Å². The number of amides is 3. The minimum Gasteiger partial charge on any atom is -0.351 e. The highest BCUT2D eigenvalue weighted by atomic mass is 16.2. The molecule has 186 valence electrons. The SMILES string of the molecule is CN1C(=O)c2cc(C(=O)N3CCN(c4ncccn4)CC3)nn2C[C@@]1(C)C(=O)NC1CCCCC1. The Kier molecular flexibility index (Phi) is 6.16. The minimum atomic E-state index is -1.07. The lowest BCUT2D eigenvalue weighted by molar-refractivity contribution is -0.133. The normalized spacial score (nSPS) is 23.3. The molecule has 1 atom stereocenters. The molecule has 0 bridgehead atoms. The molecule has 1 saturated heterocycles. The first kappa shape index (κ1) is 23.3. The maximum absolute atomic E-state index is 13.3. The van der Waals surface area contributed by atoms with Crippen molar-refractivity contribution < 1.29 is 14.4 Å². The molecule has 2 aliphatic heterocycles. The van der Waals surface area contributed by atoms with E-state index < -0.39 is 5.54 Å². The zero-order chi connectivity index (χ0) is 24.6. The maximum Gasteiger partial charge on any atom is 0.274 e. The summed E-state index contributed by atoms with van der Waals surface area (Å²) in [6.07, 6.45) is 8.75. The van der Waals surface area contributed by atoms with Crippen LogP contribution >= 0.6 is 0 Å². The van der Waals surface area contributed by atoms with Gasteiger partial charge in [0.05, 0.1) is 6.54 Å². The lowest BCUT2D eigenvalue weighted by Crippen LogP contribution is -2.63. The van der Waals surface area contributed by atoms with Crippen molar-refractivity contribution >= 4 is 23.7 Å². The highest BCUT2D eigenvalue weighted by Gasteiger charge is 2.47. The Bertz CT molecular complexity index is 1110. The van der Waals surface area contributed by atoms with Gasteiger partial charge >= 0.3 is 0 Å². The predicted octanol–water partition coefficient (Wildman–Crippen LogP) is 0.929. The Morgan fingerprint density at radius 1 is 1.06 bits per heavy atom. The highest BCUT2D eigenvalue weighted by Crippen LogP contribution is 2.27.